The summed E-state index contributed by atoms with van der Waals surface area (Å²) in [5, 5.41) is 8.77. The third-order valence-corrected chi connectivity index (χ3v) is 6.52. The van der Waals surface area contributed by atoms with Crippen molar-refractivity contribution in [1.29, 1.82) is 0 Å². The fourth-order valence-electron chi connectivity index (χ4n) is 3.84. The number of hydrogen-bond donors (Lipinski definition) is 2. The zero-order chi connectivity index (χ0) is 21.1. The van der Waals surface area contributed by atoms with Gasteiger partial charge in [-0.3, -0.25) is 4.79 Å². The molecule has 2 N–H and O–H groups in total. The molecule has 4 rings (SSSR count). The van der Waals surface area contributed by atoms with Crippen LogP contribution >= 0.6 is 23.6 Å². The molecule has 0 fully saturated rings. The van der Waals surface area contributed by atoms with E-state index in [9.17, 15) is 9.59 Å². The molecule has 1 aromatic heterocycles. The van der Waals surface area contributed by atoms with Gasteiger partial charge in [0.05, 0.1) is 18.6 Å². The average molecular weight is 439 g/mol. The molecule has 154 valence electrons. The van der Waals surface area contributed by atoms with Crippen molar-refractivity contribution in [2.45, 2.75) is 32.6 Å². The number of amides is 1. The van der Waals surface area contributed by atoms with Gasteiger partial charge in [-0.15, -0.1) is 11.3 Å². The second-order valence-corrected chi connectivity index (χ2v) is 8.61. The molecule has 2 aromatic carbocycles. The number of ether oxygens (including phenoxy) is 1. The lowest BCUT2D eigenvalue weighted by Crippen LogP contribution is -2.35. The summed E-state index contributed by atoms with van der Waals surface area (Å²) in [5.41, 5.74) is 2.54. The maximum Gasteiger partial charge on any atom is 0.341 e. The van der Waals surface area contributed by atoms with Crippen LogP contribution in [-0.2, 0) is 28.8 Å². The van der Waals surface area contributed by atoms with Gasteiger partial charge >= 0.3 is 5.97 Å². The van der Waals surface area contributed by atoms with E-state index in [-0.39, 0.29) is 23.4 Å². The number of thiocarbonyl (C=S) groups is 1. The van der Waals surface area contributed by atoms with Gasteiger partial charge in [0.15, 0.2) is 5.11 Å². The van der Waals surface area contributed by atoms with Crippen molar-refractivity contribution in [3.05, 3.63) is 64.0 Å². The van der Waals surface area contributed by atoms with Gasteiger partial charge in [-0.1, -0.05) is 42.5 Å². The molecule has 0 aliphatic heterocycles. The van der Waals surface area contributed by atoms with Crippen molar-refractivity contribution in [3.63, 3.8) is 0 Å². The number of aryl methyl sites for hydroxylation is 1. The molecule has 0 bridgehead atoms. The van der Waals surface area contributed by atoms with E-state index >= 15 is 0 Å². The lowest BCUT2D eigenvalue weighted by Gasteiger charge is -2.11. The van der Waals surface area contributed by atoms with Gasteiger partial charge in [-0.05, 0) is 60.3 Å². The summed E-state index contributed by atoms with van der Waals surface area (Å²) < 4.78 is 5.23. The lowest BCUT2D eigenvalue weighted by molar-refractivity contribution is -0.119. The van der Waals surface area contributed by atoms with Crippen LogP contribution < -0.4 is 10.6 Å². The molecule has 5 nitrogen and oxygen atoms in total. The van der Waals surface area contributed by atoms with Crippen LogP contribution in [0.2, 0.25) is 0 Å². The monoisotopic (exact) mass is 438 g/mol. The minimum atomic E-state index is -0.343. The summed E-state index contributed by atoms with van der Waals surface area (Å²) in [6, 6.07) is 13.9. The van der Waals surface area contributed by atoms with E-state index in [2.05, 4.69) is 10.6 Å². The summed E-state index contributed by atoms with van der Waals surface area (Å²) in [7, 11) is 0. The van der Waals surface area contributed by atoms with Crippen LogP contribution in [0.3, 0.4) is 0 Å². The van der Waals surface area contributed by atoms with E-state index in [0.29, 0.717) is 17.2 Å². The first kappa shape index (κ1) is 20.5. The third-order valence-electron chi connectivity index (χ3n) is 5.11. The lowest BCUT2D eigenvalue weighted by atomic mass is 10.0. The van der Waals surface area contributed by atoms with Crippen LogP contribution in [-0.4, -0.2) is 23.6 Å². The summed E-state index contributed by atoms with van der Waals surface area (Å²) >= 11 is 6.87. The van der Waals surface area contributed by atoms with Crippen LogP contribution in [0, 0.1) is 0 Å². The van der Waals surface area contributed by atoms with Crippen molar-refractivity contribution >= 4 is 56.3 Å². The Morgan fingerprint density at radius 1 is 1.13 bits per heavy atom. The fourth-order valence-corrected chi connectivity index (χ4v) is 5.40. The molecule has 0 saturated carbocycles. The van der Waals surface area contributed by atoms with E-state index in [1.807, 2.05) is 42.5 Å². The number of carbonyl (C=O) groups excluding carboxylic acids is 2. The van der Waals surface area contributed by atoms with Crippen LogP contribution in [0.15, 0.2) is 42.5 Å². The van der Waals surface area contributed by atoms with Crippen molar-refractivity contribution in [2.24, 2.45) is 0 Å². The largest absolute Gasteiger partial charge is 0.462 e. The Labute approximate surface area is 184 Å². The average Bonchev–Trinajstić information content (AvgIpc) is 3.29. The molecule has 0 radical (unpaired) electrons. The Kier molecular flexibility index (Phi) is 6.11. The van der Waals surface area contributed by atoms with Gasteiger partial charge in [0, 0.05) is 4.88 Å². The smallest absolute Gasteiger partial charge is 0.341 e. The number of benzene rings is 2. The zero-order valence-electron chi connectivity index (χ0n) is 16.6. The van der Waals surface area contributed by atoms with Crippen molar-refractivity contribution in [2.75, 3.05) is 11.9 Å². The maximum atomic E-state index is 12.6. The highest BCUT2D eigenvalue weighted by atomic mass is 32.1. The molecule has 1 aliphatic carbocycles. The van der Waals surface area contributed by atoms with E-state index < -0.39 is 0 Å². The maximum absolute atomic E-state index is 12.6. The number of esters is 1. The highest BCUT2D eigenvalue weighted by molar-refractivity contribution is 7.80. The van der Waals surface area contributed by atoms with Crippen LogP contribution in [0.25, 0.3) is 10.8 Å². The standard InChI is InChI=1S/C23H22N2O3S2/c1-2-28-22(27)20-17-11-6-12-18(17)30-21(20)25-23(29)24-19(26)13-15-9-5-8-14-7-3-4-10-16(14)15/h3-5,7-10H,2,6,11-13H2,1H3,(H2,24,25,26,29). The van der Waals surface area contributed by atoms with Gasteiger partial charge in [-0.2, -0.15) is 0 Å². The number of rotatable bonds is 5. The second kappa shape index (κ2) is 8.93. The predicted octanol–water partition coefficient (Wildman–Crippen LogP) is 4.62. The van der Waals surface area contributed by atoms with Crippen LogP contribution in [0.4, 0.5) is 5.00 Å². The summed E-state index contributed by atoms with van der Waals surface area (Å²) in [6.45, 7) is 2.10. The number of anilines is 1. The summed E-state index contributed by atoms with van der Waals surface area (Å²) in [4.78, 5) is 26.2. The van der Waals surface area contributed by atoms with Crippen molar-refractivity contribution < 1.29 is 14.3 Å². The Morgan fingerprint density at radius 3 is 2.77 bits per heavy atom. The number of carbonyl (C=O) groups is 2. The highest BCUT2D eigenvalue weighted by Crippen LogP contribution is 2.39. The molecule has 1 amide bonds. The van der Waals surface area contributed by atoms with E-state index in [0.717, 1.165) is 41.2 Å². The quantitative estimate of drug-likeness (QED) is 0.449. The summed E-state index contributed by atoms with van der Waals surface area (Å²) in [5.74, 6) is -0.546. The molecule has 0 saturated heterocycles. The number of fused-ring (bicyclic) bond motifs is 2. The van der Waals surface area contributed by atoms with Gasteiger partial charge in [0.2, 0.25) is 5.91 Å². The molecule has 0 atom stereocenters. The van der Waals surface area contributed by atoms with Crippen LogP contribution in [0.1, 0.15) is 39.7 Å². The molecule has 0 spiro atoms. The van der Waals surface area contributed by atoms with E-state index in [1.165, 1.54) is 16.2 Å². The van der Waals surface area contributed by atoms with E-state index in [1.54, 1.807) is 6.92 Å². The Bertz CT molecular complexity index is 1130. The molecule has 7 heteroatoms. The number of nitrogens with one attached hydrogen (secondary N) is 2. The first-order chi connectivity index (χ1) is 14.6. The molecular formula is C23H22N2O3S2. The van der Waals surface area contributed by atoms with Gasteiger partial charge in [-0.25, -0.2) is 4.79 Å². The Balaban J connectivity index is 1.46. The highest BCUT2D eigenvalue weighted by Gasteiger charge is 2.28. The molecule has 1 heterocycles. The Morgan fingerprint density at radius 2 is 1.93 bits per heavy atom. The number of hydrogen-bond acceptors (Lipinski definition) is 5. The van der Waals surface area contributed by atoms with Crippen molar-refractivity contribution in [1.82, 2.24) is 5.32 Å². The topological polar surface area (TPSA) is 67.4 Å². The molecule has 1 aliphatic rings. The van der Waals surface area contributed by atoms with Gasteiger partial charge < -0.3 is 15.4 Å². The minimum absolute atomic E-state index is 0.186. The van der Waals surface area contributed by atoms with Crippen LogP contribution in [0.5, 0.6) is 0 Å². The third kappa shape index (κ3) is 4.22. The second-order valence-electron chi connectivity index (χ2n) is 7.10. The van der Waals surface area contributed by atoms with Crippen molar-refractivity contribution in [3.8, 4) is 0 Å². The van der Waals surface area contributed by atoms with E-state index in [4.69, 9.17) is 17.0 Å². The summed E-state index contributed by atoms with van der Waals surface area (Å²) in [6.07, 6.45) is 3.07. The minimum Gasteiger partial charge on any atom is -0.462 e. The molecule has 3 aromatic rings. The Hall–Kier alpha value is -2.77. The fraction of sp³-hybridized carbons (Fsp3) is 0.261. The predicted molar refractivity (Wildman–Crippen MR) is 124 cm³/mol. The molecule has 30 heavy (non-hydrogen) atoms. The SMILES string of the molecule is CCOC(=O)c1c(NC(=S)NC(=O)Cc2cccc3ccccc23)sc2c1CCC2. The van der Waals surface area contributed by atoms with Gasteiger partial charge in [0.25, 0.3) is 0 Å². The number of thiophene rings is 1. The molecule has 0 unspecified atom stereocenters. The first-order valence-corrected chi connectivity index (χ1v) is 11.2. The molecular weight excluding hydrogens is 416 g/mol. The normalized spacial score (nSPS) is 12.4. The van der Waals surface area contributed by atoms with Gasteiger partial charge in [0.1, 0.15) is 5.00 Å². The zero-order valence-corrected chi connectivity index (χ0v) is 18.3. The first-order valence-electron chi connectivity index (χ1n) is 9.96.